The van der Waals surface area contributed by atoms with Crippen LogP contribution >= 0.6 is 15.9 Å². The van der Waals surface area contributed by atoms with Gasteiger partial charge >= 0.3 is 6.03 Å². The Labute approximate surface area is 105 Å². The van der Waals surface area contributed by atoms with Crippen LogP contribution in [0.15, 0.2) is 12.3 Å². The molecule has 1 aliphatic heterocycles. The van der Waals surface area contributed by atoms with Crippen LogP contribution in [0.4, 0.5) is 14.9 Å². The van der Waals surface area contributed by atoms with Gasteiger partial charge in [-0.1, -0.05) is 15.9 Å². The van der Waals surface area contributed by atoms with Crippen molar-refractivity contribution in [3.63, 3.8) is 0 Å². The highest BCUT2D eigenvalue weighted by Crippen LogP contribution is 2.19. The third-order valence-corrected chi connectivity index (χ3v) is 2.93. The van der Waals surface area contributed by atoms with Crippen molar-refractivity contribution in [2.45, 2.75) is 11.8 Å². The molecular weight excluding hydrogens is 293 g/mol. The quantitative estimate of drug-likeness (QED) is 0.843. The molecule has 90 valence electrons. The van der Waals surface area contributed by atoms with Crippen molar-refractivity contribution in [2.75, 3.05) is 11.4 Å². The summed E-state index contributed by atoms with van der Waals surface area (Å²) in [5.41, 5.74) is 0.624. The topological polar surface area (TPSA) is 62.3 Å². The lowest BCUT2D eigenvalue weighted by molar-refractivity contribution is -0.120. The molecule has 1 saturated heterocycles. The summed E-state index contributed by atoms with van der Waals surface area (Å²) in [6.07, 6.45) is 1.61. The molecule has 2 rings (SSSR count). The molecule has 1 fully saturated rings. The molecule has 3 amide bonds. The fraction of sp³-hybridized carbons (Fsp3) is 0.300. The Kier molecular flexibility index (Phi) is 3.37. The molecule has 1 aliphatic rings. The van der Waals surface area contributed by atoms with E-state index in [9.17, 15) is 14.0 Å². The van der Waals surface area contributed by atoms with Crippen LogP contribution in [-0.2, 0) is 10.1 Å². The van der Waals surface area contributed by atoms with E-state index >= 15 is 0 Å². The van der Waals surface area contributed by atoms with Gasteiger partial charge < -0.3 is 0 Å². The highest BCUT2D eigenvalue weighted by molar-refractivity contribution is 9.08. The smallest absolute Gasteiger partial charge is 0.292 e. The third-order valence-electron chi connectivity index (χ3n) is 2.40. The van der Waals surface area contributed by atoms with Gasteiger partial charge in [0.05, 0.1) is 17.6 Å². The molecule has 1 aromatic rings. The molecule has 1 aromatic heterocycles. The second-order valence-corrected chi connectivity index (χ2v) is 4.07. The number of alkyl halides is 1. The summed E-state index contributed by atoms with van der Waals surface area (Å²) in [5.74, 6) is -0.805. The number of urea groups is 1. The summed E-state index contributed by atoms with van der Waals surface area (Å²) in [7, 11) is 0. The summed E-state index contributed by atoms with van der Waals surface area (Å²) in [5, 5.41) is 2.47. The van der Waals surface area contributed by atoms with Gasteiger partial charge in [0, 0.05) is 24.4 Å². The van der Waals surface area contributed by atoms with E-state index in [1.165, 1.54) is 17.2 Å². The van der Waals surface area contributed by atoms with Gasteiger partial charge in [0.15, 0.2) is 0 Å². The third kappa shape index (κ3) is 2.44. The zero-order valence-electron chi connectivity index (χ0n) is 8.74. The average Bonchev–Trinajstić information content (AvgIpc) is 2.29. The van der Waals surface area contributed by atoms with Crippen LogP contribution in [0.5, 0.6) is 0 Å². The van der Waals surface area contributed by atoms with Gasteiger partial charge in [-0.25, -0.2) is 9.18 Å². The second-order valence-electron chi connectivity index (χ2n) is 3.51. The number of anilines is 1. The van der Waals surface area contributed by atoms with Crippen molar-refractivity contribution in [2.24, 2.45) is 0 Å². The number of aromatic nitrogens is 1. The van der Waals surface area contributed by atoms with Crippen molar-refractivity contribution >= 4 is 33.6 Å². The van der Waals surface area contributed by atoms with Crippen molar-refractivity contribution in [3.8, 4) is 0 Å². The van der Waals surface area contributed by atoms with Gasteiger partial charge in [-0.3, -0.25) is 20.0 Å². The van der Waals surface area contributed by atoms with Gasteiger partial charge in [0.2, 0.25) is 5.91 Å². The Bertz CT molecular complexity index is 481. The predicted octanol–water partition coefficient (Wildman–Crippen LogP) is 1.56. The molecule has 5 nitrogen and oxygen atoms in total. The minimum atomic E-state index is -0.547. The first-order valence-electron chi connectivity index (χ1n) is 4.93. The Morgan fingerprint density at radius 3 is 2.88 bits per heavy atom. The van der Waals surface area contributed by atoms with Crippen LogP contribution in [0.1, 0.15) is 12.1 Å². The largest absolute Gasteiger partial charge is 0.328 e. The summed E-state index contributed by atoms with van der Waals surface area (Å²) in [6, 6.07) is 0.688. The first-order chi connectivity index (χ1) is 8.11. The molecule has 7 heteroatoms. The maximum atomic E-state index is 13.5. The Balaban J connectivity index is 2.25. The van der Waals surface area contributed by atoms with Crippen molar-refractivity contribution in [1.29, 1.82) is 0 Å². The second kappa shape index (κ2) is 4.79. The summed E-state index contributed by atoms with van der Waals surface area (Å²) < 4.78 is 13.5. The lowest BCUT2D eigenvalue weighted by atomic mass is 10.2. The van der Waals surface area contributed by atoms with Crippen molar-refractivity contribution in [1.82, 2.24) is 10.3 Å². The number of carbonyl (C=O) groups is 2. The first-order valence-corrected chi connectivity index (χ1v) is 6.05. The van der Waals surface area contributed by atoms with Crippen LogP contribution in [0.2, 0.25) is 0 Å². The van der Waals surface area contributed by atoms with Crippen LogP contribution < -0.4 is 10.2 Å². The number of halogens is 2. The summed E-state index contributed by atoms with van der Waals surface area (Å²) >= 11 is 3.11. The zero-order chi connectivity index (χ0) is 12.4. The molecule has 0 bridgehead atoms. The van der Waals surface area contributed by atoms with Crippen LogP contribution in [0, 0.1) is 5.82 Å². The number of hydrogen-bond donors (Lipinski definition) is 1. The number of hydrogen-bond acceptors (Lipinski definition) is 3. The fourth-order valence-corrected chi connectivity index (χ4v) is 1.93. The van der Waals surface area contributed by atoms with Gasteiger partial charge in [0.25, 0.3) is 0 Å². The number of carbonyl (C=O) groups excluding carboxylic acids is 2. The minimum absolute atomic E-state index is 0.202. The molecule has 0 atom stereocenters. The maximum absolute atomic E-state index is 13.5. The summed E-state index contributed by atoms with van der Waals surface area (Å²) in [4.78, 5) is 27.7. The van der Waals surface area contributed by atoms with Crippen LogP contribution in [0.3, 0.4) is 0 Å². The number of imide groups is 1. The number of rotatable bonds is 2. The SMILES string of the molecule is O=C1CCN(c2cnc(CBr)c(F)c2)C(=O)N1. The Morgan fingerprint density at radius 2 is 2.29 bits per heavy atom. The van der Waals surface area contributed by atoms with E-state index in [0.29, 0.717) is 11.0 Å². The van der Waals surface area contributed by atoms with Gasteiger partial charge in [0.1, 0.15) is 5.82 Å². The van der Waals surface area contributed by atoms with E-state index in [-0.39, 0.29) is 24.6 Å². The molecule has 0 aromatic carbocycles. The molecular formula is C10H9BrFN3O2. The van der Waals surface area contributed by atoms with Gasteiger partial charge in [-0.15, -0.1) is 0 Å². The molecule has 0 saturated carbocycles. The Morgan fingerprint density at radius 1 is 1.53 bits per heavy atom. The van der Waals surface area contributed by atoms with Crippen LogP contribution in [-0.4, -0.2) is 23.5 Å². The van der Waals surface area contributed by atoms with Gasteiger partial charge in [-0.05, 0) is 0 Å². The van der Waals surface area contributed by atoms with E-state index in [1.807, 2.05) is 0 Å². The molecule has 0 aliphatic carbocycles. The minimum Gasteiger partial charge on any atom is -0.292 e. The van der Waals surface area contributed by atoms with E-state index in [0.717, 1.165) is 0 Å². The number of nitrogens with one attached hydrogen (secondary N) is 1. The summed E-state index contributed by atoms with van der Waals surface area (Å²) in [6.45, 7) is 0.236. The number of amides is 3. The first kappa shape index (κ1) is 12.0. The lowest BCUT2D eigenvalue weighted by Gasteiger charge is -2.26. The van der Waals surface area contributed by atoms with Crippen molar-refractivity contribution < 1.29 is 14.0 Å². The zero-order valence-corrected chi connectivity index (χ0v) is 10.3. The van der Waals surface area contributed by atoms with E-state index in [1.54, 1.807) is 0 Å². The highest BCUT2D eigenvalue weighted by Gasteiger charge is 2.24. The van der Waals surface area contributed by atoms with E-state index in [2.05, 4.69) is 26.2 Å². The molecule has 0 unspecified atom stereocenters. The molecule has 2 heterocycles. The standard InChI is InChI=1S/C10H9BrFN3O2/c11-4-8-7(12)3-6(5-13-8)15-2-1-9(16)14-10(15)17/h3,5H,1-2,4H2,(H,14,16,17). The Hall–Kier alpha value is -1.50. The fourth-order valence-electron chi connectivity index (χ4n) is 1.51. The molecule has 1 N–H and O–H groups in total. The average molecular weight is 302 g/mol. The highest BCUT2D eigenvalue weighted by atomic mass is 79.9. The van der Waals surface area contributed by atoms with E-state index < -0.39 is 11.8 Å². The van der Waals surface area contributed by atoms with Gasteiger partial charge in [-0.2, -0.15) is 0 Å². The monoisotopic (exact) mass is 301 g/mol. The van der Waals surface area contributed by atoms with E-state index in [4.69, 9.17) is 0 Å². The molecule has 0 radical (unpaired) electrons. The molecule has 17 heavy (non-hydrogen) atoms. The van der Waals surface area contributed by atoms with Crippen LogP contribution in [0.25, 0.3) is 0 Å². The number of pyridine rings is 1. The molecule has 0 spiro atoms. The lowest BCUT2D eigenvalue weighted by Crippen LogP contribution is -2.49. The normalized spacial score (nSPS) is 16.0. The maximum Gasteiger partial charge on any atom is 0.328 e. The van der Waals surface area contributed by atoms with Crippen molar-refractivity contribution in [3.05, 3.63) is 23.8 Å². The predicted molar refractivity (Wildman–Crippen MR) is 62.3 cm³/mol. The number of nitrogens with zero attached hydrogens (tertiary/aromatic N) is 2.